The number of hydrogen-bond donors (Lipinski definition) is 4. The van der Waals surface area contributed by atoms with Crippen molar-refractivity contribution < 1.29 is 51.9 Å². The minimum Gasteiger partial charge on any atom is -0.493 e. The Morgan fingerprint density at radius 2 is 1.72 bits per heavy atom. The molecule has 0 saturated carbocycles. The van der Waals surface area contributed by atoms with Crippen LogP contribution < -0.4 is 20.7 Å². The van der Waals surface area contributed by atoms with E-state index in [9.17, 15) is 28.5 Å². The van der Waals surface area contributed by atoms with Crippen LogP contribution in [0.1, 0.15) is 84.1 Å². The Balaban J connectivity index is 1.65. The third kappa shape index (κ3) is 11.5. The normalized spacial score (nSPS) is 12.2. The van der Waals surface area contributed by atoms with Crippen LogP contribution in [0.25, 0.3) is 11.3 Å². The summed E-state index contributed by atoms with van der Waals surface area (Å²) in [5, 5.41) is 8.54. The summed E-state index contributed by atoms with van der Waals surface area (Å²) in [5.41, 5.74) is 0.905. The highest BCUT2D eigenvalue weighted by atomic mass is 31.1. The van der Waals surface area contributed by atoms with E-state index in [1.165, 1.54) is 12.1 Å². The molecule has 0 saturated heterocycles. The molecular formula is C34H42N4O11P+. The first-order valence-electron chi connectivity index (χ1n) is 16.1. The van der Waals surface area contributed by atoms with E-state index in [4.69, 9.17) is 18.9 Å². The quantitative estimate of drug-likeness (QED) is 0.0392. The van der Waals surface area contributed by atoms with E-state index in [-0.39, 0.29) is 35.9 Å². The summed E-state index contributed by atoms with van der Waals surface area (Å²) in [6.07, 6.45) is 3.60. The maximum atomic E-state index is 13.4. The lowest BCUT2D eigenvalue weighted by Gasteiger charge is -2.31. The number of rotatable bonds is 21. The first kappa shape index (κ1) is 39.3. The van der Waals surface area contributed by atoms with Crippen LogP contribution in [0.2, 0.25) is 0 Å². The zero-order valence-corrected chi connectivity index (χ0v) is 29.0. The number of amides is 4. The van der Waals surface area contributed by atoms with Gasteiger partial charge in [-0.2, -0.15) is 5.06 Å². The van der Waals surface area contributed by atoms with Gasteiger partial charge in [0.25, 0.3) is 11.8 Å². The first-order chi connectivity index (χ1) is 24.1. The maximum Gasteiger partial charge on any atom is 0.696 e. The second kappa shape index (κ2) is 20.4. The lowest BCUT2D eigenvalue weighted by Crippen LogP contribution is -2.49. The molecule has 3 atom stereocenters. The minimum atomic E-state index is -2.87. The number of carbonyl (C=O) groups excluding carboxylic acids is 5. The third-order valence-corrected chi connectivity index (χ3v) is 7.88. The predicted octanol–water partition coefficient (Wildman–Crippen LogP) is 4.71. The summed E-state index contributed by atoms with van der Waals surface area (Å²) < 4.78 is 26.5. The van der Waals surface area contributed by atoms with E-state index >= 15 is 0 Å². The van der Waals surface area contributed by atoms with Crippen LogP contribution in [0.5, 0.6) is 5.75 Å². The number of hydroxylamine groups is 2. The Hall–Kier alpha value is -5.11. The van der Waals surface area contributed by atoms with Gasteiger partial charge >= 0.3 is 14.2 Å². The fourth-order valence-electron chi connectivity index (χ4n) is 5.08. The van der Waals surface area contributed by atoms with E-state index in [0.29, 0.717) is 37.0 Å². The Kier molecular flexibility index (Phi) is 16.1. The van der Waals surface area contributed by atoms with Crippen molar-refractivity contribution in [2.75, 3.05) is 20.0 Å². The van der Waals surface area contributed by atoms with Gasteiger partial charge in [-0.25, -0.2) is 4.79 Å². The van der Waals surface area contributed by atoms with Gasteiger partial charge in [0, 0.05) is 10.1 Å². The molecule has 0 aliphatic heterocycles. The number of carbonyl (C=O) groups is 5. The van der Waals surface area contributed by atoms with Gasteiger partial charge in [0.15, 0.2) is 12.5 Å². The molecule has 3 aromatic rings. The number of unbranched alkanes of at least 4 members (excludes halogenated alkanes) is 2. The van der Waals surface area contributed by atoms with Gasteiger partial charge in [-0.15, -0.1) is 4.89 Å². The summed E-state index contributed by atoms with van der Waals surface area (Å²) in [4.78, 5) is 77.7. The molecule has 0 radical (unpaired) electrons. The smallest absolute Gasteiger partial charge is 0.493 e. The van der Waals surface area contributed by atoms with Crippen LogP contribution in [0, 0.1) is 5.92 Å². The summed E-state index contributed by atoms with van der Waals surface area (Å²) >= 11 is 0. The molecule has 15 nitrogen and oxygen atoms in total. The average Bonchev–Trinajstić information content (AvgIpc) is 3.61. The van der Waals surface area contributed by atoms with Crippen molar-refractivity contribution in [3.63, 3.8) is 0 Å². The van der Waals surface area contributed by atoms with Crippen LogP contribution >= 0.6 is 8.25 Å². The Labute approximate surface area is 290 Å². The molecular weight excluding hydrogens is 671 g/mol. The second-order valence-corrected chi connectivity index (χ2v) is 11.6. The van der Waals surface area contributed by atoms with Crippen molar-refractivity contribution in [2.24, 2.45) is 5.92 Å². The van der Waals surface area contributed by atoms with Crippen LogP contribution in [0.15, 0.2) is 65.1 Å². The fourth-order valence-corrected chi connectivity index (χ4v) is 5.25. The maximum absolute atomic E-state index is 13.4. The van der Waals surface area contributed by atoms with Crippen LogP contribution in [-0.4, -0.2) is 66.1 Å². The molecule has 3 rings (SSSR count). The average molecular weight is 714 g/mol. The minimum absolute atomic E-state index is 0.0461. The van der Waals surface area contributed by atoms with Crippen molar-refractivity contribution >= 4 is 38.4 Å². The highest BCUT2D eigenvalue weighted by Gasteiger charge is 2.33. The molecule has 0 fully saturated rings. The van der Waals surface area contributed by atoms with Gasteiger partial charge < -0.3 is 29.9 Å². The molecule has 0 aliphatic rings. The van der Waals surface area contributed by atoms with Gasteiger partial charge in [-0.1, -0.05) is 61.9 Å². The van der Waals surface area contributed by atoms with Crippen molar-refractivity contribution in [3.05, 3.63) is 77.6 Å². The Morgan fingerprint density at radius 3 is 2.38 bits per heavy atom. The molecule has 1 aromatic heterocycles. The molecule has 0 bridgehead atoms. The van der Waals surface area contributed by atoms with Gasteiger partial charge in [0.05, 0.1) is 36.4 Å². The van der Waals surface area contributed by atoms with Crippen molar-refractivity contribution in [2.45, 2.75) is 58.9 Å². The van der Waals surface area contributed by atoms with Crippen LogP contribution in [-0.2, 0) is 23.5 Å². The van der Waals surface area contributed by atoms with Gasteiger partial charge in [-0.3, -0.25) is 19.2 Å². The third-order valence-electron chi connectivity index (χ3n) is 7.53. The van der Waals surface area contributed by atoms with Gasteiger partial charge in [0.1, 0.15) is 11.5 Å². The largest absolute Gasteiger partial charge is 0.696 e. The van der Waals surface area contributed by atoms with Crippen molar-refractivity contribution in [1.29, 1.82) is 0 Å². The molecule has 268 valence electrons. The molecule has 0 spiro atoms. The highest BCUT2D eigenvalue weighted by Crippen LogP contribution is 2.29. The van der Waals surface area contributed by atoms with E-state index in [2.05, 4.69) is 20.5 Å². The molecule has 0 aliphatic carbocycles. The lowest BCUT2D eigenvalue weighted by molar-refractivity contribution is -0.171. The second-order valence-electron chi connectivity index (χ2n) is 10.8. The molecule has 4 amide bonds. The SMILES string of the molecule is CCCCCC(C(=O)NCNC(=O)c1ccc(-c2ccc(C(=O)NCO[P+](=O)O)c(OCC)c2)o1)C(CC)N(C=O)OC(=O)c1ccccc1. The molecule has 4 N–H and O–H groups in total. The highest BCUT2D eigenvalue weighted by molar-refractivity contribution is 7.32. The molecule has 50 heavy (non-hydrogen) atoms. The number of nitrogens with zero attached hydrogens (tertiary/aromatic N) is 1. The molecule has 16 heteroatoms. The Morgan fingerprint density at radius 1 is 0.960 bits per heavy atom. The van der Waals surface area contributed by atoms with E-state index < -0.39 is 50.6 Å². The van der Waals surface area contributed by atoms with Crippen molar-refractivity contribution in [3.8, 4) is 17.1 Å². The van der Waals surface area contributed by atoms with Crippen LogP contribution in [0.3, 0.4) is 0 Å². The standard InChI is InChI=1S/C34H41N4O11P/c1-4-7-9-14-25(27(5-2)38(22-39)49-34(43)23-12-10-8-11-13-23)31(40)35-20-36-33(42)29-18-17-28(48-29)24-15-16-26(30(19-24)46-6-3)32(41)37-21-47-50(44)45/h8,10-13,15-19,22,25,27H,4-7,9,14,20-21H2,1-3H3,(H3-,35,36,37,40,41,42,44,45)/p+1. The number of benzene rings is 2. The fraction of sp³-hybridized carbons (Fsp3) is 0.382. The van der Waals surface area contributed by atoms with Crippen LogP contribution in [0.4, 0.5) is 0 Å². The van der Waals surface area contributed by atoms with E-state index in [1.54, 1.807) is 62.4 Å². The van der Waals surface area contributed by atoms with Gasteiger partial charge in [0.2, 0.25) is 12.3 Å². The monoisotopic (exact) mass is 713 g/mol. The molecule has 3 unspecified atom stereocenters. The first-order valence-corrected chi connectivity index (χ1v) is 17.3. The van der Waals surface area contributed by atoms with Gasteiger partial charge in [-0.05, 0) is 56.2 Å². The zero-order valence-electron chi connectivity index (χ0n) is 28.1. The number of ether oxygens (including phenoxy) is 1. The topological polar surface area (TPSA) is 203 Å². The molecule has 2 aromatic carbocycles. The zero-order chi connectivity index (χ0) is 36.5. The number of furan rings is 1. The summed E-state index contributed by atoms with van der Waals surface area (Å²) in [6.45, 7) is 5.06. The Bertz CT molecular complexity index is 1620. The summed E-state index contributed by atoms with van der Waals surface area (Å²) in [7, 11) is -2.87. The number of hydrogen-bond acceptors (Lipinski definition) is 10. The lowest BCUT2D eigenvalue weighted by atomic mass is 9.90. The van der Waals surface area contributed by atoms with Crippen molar-refractivity contribution in [1.82, 2.24) is 21.0 Å². The molecule has 1 heterocycles. The summed E-state index contributed by atoms with van der Waals surface area (Å²) in [5.74, 6) is -2.63. The number of nitrogens with one attached hydrogen (secondary N) is 3. The predicted molar refractivity (Wildman–Crippen MR) is 181 cm³/mol. The van der Waals surface area contributed by atoms with E-state index in [0.717, 1.165) is 17.9 Å². The van der Waals surface area contributed by atoms with E-state index in [1.807, 2.05) is 6.92 Å². The summed E-state index contributed by atoms with van der Waals surface area (Å²) in [6, 6.07) is 15.1.